The highest BCUT2D eigenvalue weighted by molar-refractivity contribution is 7.99. The molecule has 1 saturated heterocycles. The molecule has 5 nitrogen and oxygen atoms in total. The summed E-state index contributed by atoms with van der Waals surface area (Å²) in [5.41, 5.74) is 2.38. The first-order valence-electron chi connectivity index (χ1n) is 6.06. The number of thioether (sulfide) groups is 1. The minimum absolute atomic E-state index is 0.0342. The van der Waals surface area contributed by atoms with Crippen molar-refractivity contribution in [2.24, 2.45) is 0 Å². The molecule has 6 heteroatoms. The molecule has 2 rings (SSSR count). The molecule has 2 amide bonds. The van der Waals surface area contributed by atoms with Gasteiger partial charge in [-0.3, -0.25) is 14.9 Å². The summed E-state index contributed by atoms with van der Waals surface area (Å²) < 4.78 is 0. The van der Waals surface area contributed by atoms with Crippen LogP contribution < -0.4 is 16.0 Å². The summed E-state index contributed by atoms with van der Waals surface area (Å²) in [5, 5.41) is 8.73. The summed E-state index contributed by atoms with van der Waals surface area (Å²) in [6.45, 7) is 3.38. The van der Waals surface area contributed by atoms with E-state index in [-0.39, 0.29) is 17.9 Å². The Hall–Kier alpha value is -1.53. The molecule has 1 unspecified atom stereocenters. The van der Waals surface area contributed by atoms with Gasteiger partial charge in [-0.25, -0.2) is 0 Å². The second-order valence-corrected chi connectivity index (χ2v) is 5.50. The fraction of sp³-hybridized carbons (Fsp3) is 0.385. The Morgan fingerprint density at radius 3 is 2.79 bits per heavy atom. The number of carbonyl (C=O) groups is 2. The third kappa shape index (κ3) is 3.71. The van der Waals surface area contributed by atoms with Crippen LogP contribution in [-0.2, 0) is 9.59 Å². The first-order valence-corrected chi connectivity index (χ1v) is 7.22. The first-order chi connectivity index (χ1) is 9.06. The molecule has 0 aromatic heterocycles. The molecule has 0 aliphatic carbocycles. The maximum absolute atomic E-state index is 12.0. The first kappa shape index (κ1) is 13.9. The molecule has 0 saturated carbocycles. The van der Waals surface area contributed by atoms with Crippen LogP contribution in [0.3, 0.4) is 0 Å². The Morgan fingerprint density at radius 2 is 2.16 bits per heavy atom. The van der Waals surface area contributed by atoms with Crippen LogP contribution in [0, 0.1) is 6.92 Å². The minimum atomic E-state index is -0.145. The quantitative estimate of drug-likeness (QED) is 0.785. The number of nitrogens with one attached hydrogen (secondary N) is 3. The van der Waals surface area contributed by atoms with E-state index >= 15 is 0 Å². The molecule has 0 spiro atoms. The van der Waals surface area contributed by atoms with Gasteiger partial charge in [-0.1, -0.05) is 6.07 Å². The number of benzene rings is 1. The molecular formula is C13H17N3O2S. The van der Waals surface area contributed by atoms with Crippen LogP contribution in [0.4, 0.5) is 11.4 Å². The van der Waals surface area contributed by atoms with Crippen molar-refractivity contribution in [3.63, 3.8) is 0 Å². The molecule has 1 heterocycles. The van der Waals surface area contributed by atoms with Crippen molar-refractivity contribution in [3.05, 3.63) is 23.8 Å². The summed E-state index contributed by atoms with van der Waals surface area (Å²) in [5.74, 6) is 1.43. The lowest BCUT2D eigenvalue weighted by molar-refractivity contribution is -0.117. The molecule has 0 bridgehead atoms. The van der Waals surface area contributed by atoms with Gasteiger partial charge in [0.2, 0.25) is 11.8 Å². The Balaban J connectivity index is 2.09. The number of amides is 2. The van der Waals surface area contributed by atoms with E-state index < -0.39 is 0 Å². The summed E-state index contributed by atoms with van der Waals surface area (Å²) in [6, 6.07) is 5.32. The van der Waals surface area contributed by atoms with E-state index in [0.29, 0.717) is 5.69 Å². The molecule has 0 radical (unpaired) electrons. The van der Waals surface area contributed by atoms with Gasteiger partial charge in [0, 0.05) is 29.9 Å². The van der Waals surface area contributed by atoms with Crippen LogP contribution in [0.2, 0.25) is 0 Å². The standard InChI is InChI=1S/C13H17N3O2S/c1-8-3-4-10(15-9(2)17)5-11(8)16-13(18)12-6-19-7-14-12/h3-5,12,14H,6-7H2,1-2H3,(H,15,17)(H,16,18). The smallest absolute Gasteiger partial charge is 0.242 e. The van der Waals surface area contributed by atoms with Gasteiger partial charge in [-0.15, -0.1) is 11.8 Å². The lowest BCUT2D eigenvalue weighted by Gasteiger charge is -2.14. The lowest BCUT2D eigenvalue weighted by Crippen LogP contribution is -2.37. The van der Waals surface area contributed by atoms with Crippen LogP contribution in [0.15, 0.2) is 18.2 Å². The molecular weight excluding hydrogens is 262 g/mol. The van der Waals surface area contributed by atoms with Crippen LogP contribution in [0.1, 0.15) is 12.5 Å². The highest BCUT2D eigenvalue weighted by Crippen LogP contribution is 2.21. The Labute approximate surface area is 116 Å². The third-order valence-corrected chi connectivity index (χ3v) is 3.79. The number of hydrogen-bond donors (Lipinski definition) is 3. The van der Waals surface area contributed by atoms with Crippen molar-refractivity contribution < 1.29 is 9.59 Å². The van der Waals surface area contributed by atoms with E-state index in [0.717, 1.165) is 22.9 Å². The topological polar surface area (TPSA) is 70.2 Å². The molecule has 1 fully saturated rings. The summed E-state index contributed by atoms with van der Waals surface area (Å²) >= 11 is 1.71. The highest BCUT2D eigenvalue weighted by atomic mass is 32.2. The van der Waals surface area contributed by atoms with E-state index in [2.05, 4.69) is 16.0 Å². The Morgan fingerprint density at radius 1 is 1.37 bits per heavy atom. The van der Waals surface area contributed by atoms with Gasteiger partial charge in [0.25, 0.3) is 0 Å². The molecule has 102 valence electrons. The number of rotatable bonds is 3. The zero-order chi connectivity index (χ0) is 13.8. The van der Waals surface area contributed by atoms with E-state index in [1.54, 1.807) is 17.8 Å². The normalized spacial score (nSPS) is 18.1. The van der Waals surface area contributed by atoms with Crippen LogP contribution >= 0.6 is 11.8 Å². The van der Waals surface area contributed by atoms with E-state index in [1.807, 2.05) is 19.1 Å². The number of aryl methyl sites for hydroxylation is 1. The molecule has 3 N–H and O–H groups in total. The number of carbonyl (C=O) groups excluding carboxylic acids is 2. The van der Waals surface area contributed by atoms with Gasteiger partial charge < -0.3 is 10.6 Å². The molecule has 1 aromatic rings. The molecule has 1 atom stereocenters. The van der Waals surface area contributed by atoms with E-state index in [4.69, 9.17) is 0 Å². The van der Waals surface area contributed by atoms with Crippen molar-refractivity contribution >= 4 is 35.0 Å². The maximum atomic E-state index is 12.0. The van der Waals surface area contributed by atoms with Gasteiger partial charge in [0.1, 0.15) is 0 Å². The fourth-order valence-corrected chi connectivity index (χ4v) is 2.76. The predicted octanol–water partition coefficient (Wildman–Crippen LogP) is 1.55. The predicted molar refractivity (Wildman–Crippen MR) is 78.4 cm³/mol. The van der Waals surface area contributed by atoms with E-state index in [1.165, 1.54) is 6.92 Å². The van der Waals surface area contributed by atoms with Crippen LogP contribution in [0.5, 0.6) is 0 Å². The van der Waals surface area contributed by atoms with Crippen molar-refractivity contribution in [1.82, 2.24) is 5.32 Å². The van der Waals surface area contributed by atoms with E-state index in [9.17, 15) is 9.59 Å². The highest BCUT2D eigenvalue weighted by Gasteiger charge is 2.22. The van der Waals surface area contributed by atoms with Gasteiger partial charge in [0.05, 0.1) is 6.04 Å². The minimum Gasteiger partial charge on any atom is -0.326 e. The number of anilines is 2. The second kappa shape index (κ2) is 6.08. The SMILES string of the molecule is CC(=O)Nc1ccc(C)c(NC(=O)C2CSCN2)c1. The maximum Gasteiger partial charge on any atom is 0.242 e. The molecule has 1 aliphatic rings. The van der Waals surface area contributed by atoms with Crippen LogP contribution in [-0.4, -0.2) is 29.5 Å². The van der Waals surface area contributed by atoms with Gasteiger partial charge in [-0.05, 0) is 24.6 Å². The summed E-state index contributed by atoms with van der Waals surface area (Å²) in [6.07, 6.45) is 0. The van der Waals surface area contributed by atoms with Gasteiger partial charge in [-0.2, -0.15) is 0 Å². The fourth-order valence-electron chi connectivity index (χ4n) is 1.82. The monoisotopic (exact) mass is 279 g/mol. The van der Waals surface area contributed by atoms with Crippen molar-refractivity contribution in [2.45, 2.75) is 19.9 Å². The van der Waals surface area contributed by atoms with Crippen molar-refractivity contribution in [3.8, 4) is 0 Å². The zero-order valence-electron chi connectivity index (χ0n) is 10.9. The van der Waals surface area contributed by atoms with Crippen LogP contribution in [0.25, 0.3) is 0 Å². The van der Waals surface area contributed by atoms with Crippen molar-refractivity contribution in [1.29, 1.82) is 0 Å². The average molecular weight is 279 g/mol. The third-order valence-electron chi connectivity index (χ3n) is 2.85. The Kier molecular flexibility index (Phi) is 4.44. The largest absolute Gasteiger partial charge is 0.326 e. The van der Waals surface area contributed by atoms with Gasteiger partial charge in [0.15, 0.2) is 0 Å². The summed E-state index contributed by atoms with van der Waals surface area (Å²) in [4.78, 5) is 23.1. The second-order valence-electron chi connectivity index (χ2n) is 4.47. The molecule has 1 aromatic carbocycles. The Bertz CT molecular complexity index is 499. The zero-order valence-corrected chi connectivity index (χ0v) is 11.8. The molecule has 1 aliphatic heterocycles. The lowest BCUT2D eigenvalue weighted by atomic mass is 10.1. The number of hydrogen-bond acceptors (Lipinski definition) is 4. The average Bonchev–Trinajstić information content (AvgIpc) is 2.86. The summed E-state index contributed by atoms with van der Waals surface area (Å²) in [7, 11) is 0. The van der Waals surface area contributed by atoms with Crippen molar-refractivity contribution in [2.75, 3.05) is 22.3 Å². The molecule has 19 heavy (non-hydrogen) atoms. The van der Waals surface area contributed by atoms with Gasteiger partial charge >= 0.3 is 0 Å².